The molecule has 0 amide bonds. The van der Waals surface area contributed by atoms with Crippen LogP contribution in [0.2, 0.25) is 0 Å². The first kappa shape index (κ1) is 27.7. The molecule has 0 radical (unpaired) electrons. The highest BCUT2D eigenvalue weighted by atomic mass is 19.4. The number of fused-ring (bicyclic) bond motifs is 1. The molecule has 1 aliphatic heterocycles. The molecule has 0 spiro atoms. The zero-order valence-electron chi connectivity index (χ0n) is 22.1. The molecule has 1 aliphatic rings. The third-order valence-corrected chi connectivity index (χ3v) is 6.48. The van der Waals surface area contributed by atoms with Gasteiger partial charge in [-0.05, 0) is 91.6 Å². The van der Waals surface area contributed by atoms with Gasteiger partial charge in [0.05, 0.1) is 17.8 Å². The highest BCUT2D eigenvalue weighted by molar-refractivity contribution is 5.91. The monoisotopic (exact) mass is 526 g/mol. The molecule has 0 bridgehead atoms. The standard InChI is InChI=1S/C31H33F3O4/c1-5-8-19-9-6-10-20(17-19)23-13-14-24(31(32,33)34)27(28(29(35)36)38-30(2,3)4)26(23)22-12-15-25-21(18-22)11-7-16-37-25/h6,9-10,12-15,17-18,28H,5,7-8,11,16H2,1-4H3,(H,35,36). The molecule has 0 saturated heterocycles. The maximum absolute atomic E-state index is 14.5. The van der Waals surface area contributed by atoms with E-state index in [2.05, 4.69) is 6.92 Å². The smallest absolute Gasteiger partial charge is 0.416 e. The number of ether oxygens (including phenoxy) is 2. The molecule has 1 heterocycles. The number of halogens is 3. The van der Waals surface area contributed by atoms with Crippen LogP contribution >= 0.6 is 0 Å². The van der Waals surface area contributed by atoms with Crippen molar-refractivity contribution in [3.8, 4) is 28.0 Å². The SMILES string of the molecule is CCCc1cccc(-c2ccc(C(F)(F)F)c(C(OC(C)(C)C)C(=O)O)c2-c2ccc3c(c2)CCCO3)c1. The molecule has 1 unspecified atom stereocenters. The van der Waals surface area contributed by atoms with Gasteiger partial charge < -0.3 is 14.6 Å². The molecule has 0 aromatic heterocycles. The summed E-state index contributed by atoms with van der Waals surface area (Å²) in [5.41, 5.74) is 1.45. The fourth-order valence-corrected chi connectivity index (χ4v) is 4.98. The van der Waals surface area contributed by atoms with Crippen molar-refractivity contribution in [2.24, 2.45) is 0 Å². The largest absolute Gasteiger partial charge is 0.493 e. The molecule has 4 rings (SSSR count). The van der Waals surface area contributed by atoms with Gasteiger partial charge in [-0.3, -0.25) is 0 Å². The van der Waals surface area contributed by atoms with Gasteiger partial charge in [0, 0.05) is 5.56 Å². The van der Waals surface area contributed by atoms with Crippen LogP contribution in [0.3, 0.4) is 0 Å². The summed E-state index contributed by atoms with van der Waals surface area (Å²) in [6, 6.07) is 15.4. The van der Waals surface area contributed by atoms with Crippen molar-refractivity contribution in [3.05, 3.63) is 76.9 Å². The van der Waals surface area contributed by atoms with Crippen LogP contribution in [0.15, 0.2) is 54.6 Å². The first-order valence-electron chi connectivity index (χ1n) is 12.9. The summed E-state index contributed by atoms with van der Waals surface area (Å²) in [7, 11) is 0. The number of alkyl halides is 3. The second kappa shape index (κ2) is 10.8. The van der Waals surface area contributed by atoms with Gasteiger partial charge in [0.15, 0.2) is 6.10 Å². The summed E-state index contributed by atoms with van der Waals surface area (Å²) in [6.45, 7) is 7.53. The summed E-state index contributed by atoms with van der Waals surface area (Å²) >= 11 is 0. The van der Waals surface area contributed by atoms with Crippen molar-refractivity contribution in [1.82, 2.24) is 0 Å². The Morgan fingerprint density at radius 2 is 1.82 bits per heavy atom. The highest BCUT2D eigenvalue weighted by Crippen LogP contribution is 2.47. The van der Waals surface area contributed by atoms with Crippen LogP contribution in [-0.2, 0) is 28.5 Å². The van der Waals surface area contributed by atoms with E-state index in [4.69, 9.17) is 9.47 Å². The normalized spacial score (nSPS) is 14.5. The Bertz CT molecular complexity index is 1320. The fraction of sp³-hybridized carbons (Fsp3) is 0.387. The average molecular weight is 527 g/mol. The first-order valence-corrected chi connectivity index (χ1v) is 12.9. The molecule has 3 aromatic carbocycles. The van der Waals surface area contributed by atoms with Crippen LogP contribution < -0.4 is 4.74 Å². The Labute approximate surface area is 221 Å². The van der Waals surface area contributed by atoms with E-state index in [1.54, 1.807) is 32.9 Å². The molecular weight excluding hydrogens is 493 g/mol. The van der Waals surface area contributed by atoms with Crippen LogP contribution in [0.4, 0.5) is 13.2 Å². The number of carboxylic acid groups (broad SMARTS) is 1. The number of aryl methyl sites for hydroxylation is 2. The van der Waals surface area contributed by atoms with Crippen molar-refractivity contribution in [3.63, 3.8) is 0 Å². The van der Waals surface area contributed by atoms with Crippen LogP contribution in [0.1, 0.15) is 68.9 Å². The zero-order valence-corrected chi connectivity index (χ0v) is 22.1. The lowest BCUT2D eigenvalue weighted by Gasteiger charge is -2.30. The molecule has 1 atom stereocenters. The van der Waals surface area contributed by atoms with Gasteiger partial charge in [-0.2, -0.15) is 13.2 Å². The van der Waals surface area contributed by atoms with E-state index in [-0.39, 0.29) is 5.56 Å². The zero-order chi connectivity index (χ0) is 27.7. The Morgan fingerprint density at radius 3 is 2.47 bits per heavy atom. The number of hydrogen-bond acceptors (Lipinski definition) is 3. The van der Waals surface area contributed by atoms with E-state index in [0.717, 1.165) is 48.4 Å². The lowest BCUT2D eigenvalue weighted by Crippen LogP contribution is -2.29. The maximum atomic E-state index is 14.5. The molecule has 3 aromatic rings. The summed E-state index contributed by atoms with van der Waals surface area (Å²) in [6.07, 6.45) is -3.38. The van der Waals surface area contributed by atoms with Gasteiger partial charge in [-0.15, -0.1) is 0 Å². The van der Waals surface area contributed by atoms with Crippen LogP contribution in [0, 0.1) is 0 Å². The molecule has 1 N–H and O–H groups in total. The van der Waals surface area contributed by atoms with Crippen LogP contribution in [0.25, 0.3) is 22.3 Å². The van der Waals surface area contributed by atoms with Gasteiger partial charge in [-0.1, -0.05) is 49.7 Å². The minimum absolute atomic E-state index is 0.207. The van der Waals surface area contributed by atoms with Crippen molar-refractivity contribution in [2.45, 2.75) is 71.3 Å². The summed E-state index contributed by atoms with van der Waals surface area (Å²) in [5, 5.41) is 10.2. The quantitative estimate of drug-likeness (QED) is 0.337. The van der Waals surface area contributed by atoms with Crippen molar-refractivity contribution in [2.75, 3.05) is 6.61 Å². The van der Waals surface area contributed by atoms with Gasteiger partial charge in [-0.25, -0.2) is 4.79 Å². The van der Waals surface area contributed by atoms with E-state index in [1.807, 2.05) is 30.3 Å². The van der Waals surface area contributed by atoms with E-state index in [1.165, 1.54) is 6.07 Å². The van der Waals surface area contributed by atoms with E-state index < -0.39 is 35.0 Å². The van der Waals surface area contributed by atoms with E-state index >= 15 is 0 Å². The van der Waals surface area contributed by atoms with Crippen molar-refractivity contribution < 1.29 is 32.5 Å². The van der Waals surface area contributed by atoms with Gasteiger partial charge in [0.1, 0.15) is 5.75 Å². The van der Waals surface area contributed by atoms with Crippen LogP contribution in [-0.4, -0.2) is 23.3 Å². The molecule has 0 fully saturated rings. The molecular formula is C31H33F3O4. The second-order valence-electron chi connectivity index (χ2n) is 10.6. The summed E-state index contributed by atoms with van der Waals surface area (Å²) < 4.78 is 55.1. The molecule has 38 heavy (non-hydrogen) atoms. The van der Waals surface area contributed by atoms with Crippen LogP contribution in [0.5, 0.6) is 5.75 Å². The summed E-state index contributed by atoms with van der Waals surface area (Å²) in [5.74, 6) is -0.786. The third kappa shape index (κ3) is 6.04. The number of rotatable bonds is 7. The molecule has 7 heteroatoms. The number of hydrogen-bond donors (Lipinski definition) is 1. The highest BCUT2D eigenvalue weighted by Gasteiger charge is 2.41. The Balaban J connectivity index is 2.10. The second-order valence-corrected chi connectivity index (χ2v) is 10.6. The minimum Gasteiger partial charge on any atom is -0.493 e. The van der Waals surface area contributed by atoms with Crippen molar-refractivity contribution >= 4 is 5.97 Å². The molecule has 0 aliphatic carbocycles. The van der Waals surface area contributed by atoms with Crippen molar-refractivity contribution in [1.29, 1.82) is 0 Å². The number of benzene rings is 3. The van der Waals surface area contributed by atoms with E-state index in [0.29, 0.717) is 23.5 Å². The Kier molecular flexibility index (Phi) is 7.88. The number of carboxylic acids is 1. The first-order chi connectivity index (χ1) is 17.9. The molecule has 0 saturated carbocycles. The number of carbonyl (C=O) groups is 1. The predicted molar refractivity (Wildman–Crippen MR) is 141 cm³/mol. The lowest BCUT2D eigenvalue weighted by atomic mass is 9.83. The topological polar surface area (TPSA) is 55.8 Å². The Morgan fingerprint density at radius 1 is 1.05 bits per heavy atom. The van der Waals surface area contributed by atoms with E-state index in [9.17, 15) is 23.1 Å². The molecule has 4 nitrogen and oxygen atoms in total. The maximum Gasteiger partial charge on any atom is 0.416 e. The predicted octanol–water partition coefficient (Wildman–Crippen LogP) is 8.26. The third-order valence-electron chi connectivity index (χ3n) is 6.48. The minimum atomic E-state index is -4.79. The number of aliphatic carboxylic acids is 1. The fourth-order valence-electron chi connectivity index (χ4n) is 4.98. The van der Waals surface area contributed by atoms with Gasteiger partial charge in [0.25, 0.3) is 0 Å². The lowest BCUT2D eigenvalue weighted by molar-refractivity contribution is -0.163. The van der Waals surface area contributed by atoms with Gasteiger partial charge >= 0.3 is 12.1 Å². The Hall–Kier alpha value is -3.32. The average Bonchev–Trinajstić information content (AvgIpc) is 2.85. The molecule has 202 valence electrons. The summed E-state index contributed by atoms with van der Waals surface area (Å²) in [4.78, 5) is 12.5. The van der Waals surface area contributed by atoms with Gasteiger partial charge in [0.2, 0.25) is 0 Å².